The molecule has 1 N–H and O–H groups in total. The Morgan fingerprint density at radius 2 is 2.16 bits per heavy atom. The van der Waals surface area contributed by atoms with Crippen LogP contribution < -0.4 is 10.2 Å². The van der Waals surface area contributed by atoms with Gasteiger partial charge in [-0.15, -0.1) is 0 Å². The van der Waals surface area contributed by atoms with E-state index in [1.807, 2.05) is 6.07 Å². The summed E-state index contributed by atoms with van der Waals surface area (Å²) in [5.41, 5.74) is 0.920. The summed E-state index contributed by atoms with van der Waals surface area (Å²) in [7, 11) is 0. The third-order valence-electron chi connectivity index (χ3n) is 4.29. The number of anilines is 1. The van der Waals surface area contributed by atoms with Crippen molar-refractivity contribution in [2.24, 2.45) is 5.92 Å². The number of hydrogen-bond acceptors (Lipinski definition) is 2. The molecule has 4 heteroatoms. The Balaban J connectivity index is 1.84. The summed E-state index contributed by atoms with van der Waals surface area (Å²) in [5.74, 6) is 0.559. The fourth-order valence-corrected chi connectivity index (χ4v) is 3.24. The number of piperazine rings is 1. The molecule has 1 aromatic rings. The van der Waals surface area contributed by atoms with Crippen LogP contribution in [0.15, 0.2) is 18.2 Å². The average Bonchev–Trinajstić information content (AvgIpc) is 3.21. The molecule has 1 aliphatic carbocycles. The van der Waals surface area contributed by atoms with Crippen LogP contribution in [0.5, 0.6) is 0 Å². The summed E-state index contributed by atoms with van der Waals surface area (Å²) in [5, 5.41) is 4.12. The van der Waals surface area contributed by atoms with E-state index in [1.165, 1.54) is 18.9 Å². The molecule has 19 heavy (non-hydrogen) atoms. The number of benzene rings is 1. The lowest BCUT2D eigenvalue weighted by Crippen LogP contribution is -2.57. The Kier molecular flexibility index (Phi) is 3.68. The molecule has 0 bridgehead atoms. The molecule has 1 aliphatic heterocycles. The van der Waals surface area contributed by atoms with Gasteiger partial charge in [0.05, 0.1) is 0 Å². The third kappa shape index (κ3) is 2.87. The van der Waals surface area contributed by atoms with Crippen molar-refractivity contribution in [3.8, 4) is 0 Å². The van der Waals surface area contributed by atoms with Crippen LogP contribution >= 0.6 is 11.6 Å². The molecule has 3 rings (SSSR count). The molecule has 2 nitrogen and oxygen atoms in total. The second-order valence-electron chi connectivity index (χ2n) is 5.69. The first-order valence-corrected chi connectivity index (χ1v) is 7.51. The first-order chi connectivity index (χ1) is 9.17. The molecular weight excluding hydrogens is 263 g/mol. The van der Waals surface area contributed by atoms with Gasteiger partial charge in [-0.3, -0.25) is 0 Å². The second-order valence-corrected chi connectivity index (χ2v) is 6.13. The molecule has 2 atom stereocenters. The highest BCUT2D eigenvalue weighted by Gasteiger charge is 2.36. The predicted octanol–water partition coefficient (Wildman–Crippen LogP) is 3.45. The Labute approximate surface area is 118 Å². The molecule has 2 unspecified atom stereocenters. The van der Waals surface area contributed by atoms with Gasteiger partial charge >= 0.3 is 0 Å². The fourth-order valence-electron chi connectivity index (χ4n) is 3.02. The minimum absolute atomic E-state index is 0.251. The monoisotopic (exact) mass is 282 g/mol. The molecule has 0 radical (unpaired) electrons. The Hall–Kier alpha value is -0.800. The number of halogens is 2. The third-order valence-corrected chi connectivity index (χ3v) is 4.51. The van der Waals surface area contributed by atoms with E-state index in [0.717, 1.165) is 31.1 Å². The van der Waals surface area contributed by atoms with E-state index in [0.29, 0.717) is 17.1 Å². The topological polar surface area (TPSA) is 15.3 Å². The van der Waals surface area contributed by atoms with E-state index in [-0.39, 0.29) is 5.82 Å². The van der Waals surface area contributed by atoms with Crippen molar-refractivity contribution in [2.45, 2.75) is 38.3 Å². The van der Waals surface area contributed by atoms with Crippen LogP contribution in [0.1, 0.15) is 26.2 Å². The van der Waals surface area contributed by atoms with Crippen molar-refractivity contribution in [2.75, 3.05) is 18.0 Å². The van der Waals surface area contributed by atoms with Gasteiger partial charge < -0.3 is 10.2 Å². The highest BCUT2D eigenvalue weighted by Crippen LogP contribution is 2.36. The van der Waals surface area contributed by atoms with Gasteiger partial charge in [-0.05, 0) is 43.4 Å². The lowest BCUT2D eigenvalue weighted by molar-refractivity contribution is 0.359. The molecule has 1 heterocycles. The van der Waals surface area contributed by atoms with E-state index >= 15 is 0 Å². The Morgan fingerprint density at radius 1 is 1.37 bits per heavy atom. The normalized spacial score (nSPS) is 27.6. The largest absolute Gasteiger partial charge is 0.366 e. The first-order valence-electron chi connectivity index (χ1n) is 7.13. The molecular formula is C15H20ClFN2. The minimum Gasteiger partial charge on any atom is -0.366 e. The second kappa shape index (κ2) is 5.29. The average molecular weight is 283 g/mol. The van der Waals surface area contributed by atoms with Crippen molar-refractivity contribution >= 4 is 17.3 Å². The lowest BCUT2D eigenvalue weighted by Gasteiger charge is -2.42. The Morgan fingerprint density at radius 3 is 2.79 bits per heavy atom. The van der Waals surface area contributed by atoms with Crippen molar-refractivity contribution < 1.29 is 4.39 Å². The Bertz CT molecular complexity index is 441. The van der Waals surface area contributed by atoms with Crippen LogP contribution in [0, 0.1) is 11.7 Å². The molecule has 1 aromatic carbocycles. The first kappa shape index (κ1) is 13.2. The van der Waals surface area contributed by atoms with Crippen molar-refractivity contribution in [3.63, 3.8) is 0 Å². The molecule has 0 aromatic heterocycles. The summed E-state index contributed by atoms with van der Waals surface area (Å²) in [4.78, 5) is 2.33. The van der Waals surface area contributed by atoms with Crippen molar-refractivity contribution in [3.05, 3.63) is 29.0 Å². The molecule has 2 aliphatic rings. The highest BCUT2D eigenvalue weighted by atomic mass is 35.5. The van der Waals surface area contributed by atoms with Gasteiger partial charge in [0.15, 0.2) is 0 Å². The highest BCUT2D eigenvalue weighted by molar-refractivity contribution is 6.30. The van der Waals surface area contributed by atoms with Crippen LogP contribution in [-0.4, -0.2) is 25.2 Å². The quantitative estimate of drug-likeness (QED) is 0.913. The van der Waals surface area contributed by atoms with Crippen molar-refractivity contribution in [1.82, 2.24) is 5.32 Å². The number of hydrogen-bond donors (Lipinski definition) is 1. The summed E-state index contributed by atoms with van der Waals surface area (Å²) in [6.45, 7) is 4.12. The lowest BCUT2D eigenvalue weighted by atomic mass is 10.0. The predicted molar refractivity (Wildman–Crippen MR) is 77.3 cm³/mol. The maximum atomic E-state index is 13.6. The zero-order chi connectivity index (χ0) is 13.4. The van der Waals surface area contributed by atoms with Crippen LogP contribution in [0.3, 0.4) is 0 Å². The zero-order valence-electron chi connectivity index (χ0n) is 11.2. The molecule has 0 spiro atoms. The van der Waals surface area contributed by atoms with Crippen molar-refractivity contribution in [1.29, 1.82) is 0 Å². The van der Waals surface area contributed by atoms with Gasteiger partial charge in [-0.1, -0.05) is 18.5 Å². The van der Waals surface area contributed by atoms with Crippen LogP contribution in [0.2, 0.25) is 5.02 Å². The van der Waals surface area contributed by atoms with E-state index in [1.54, 1.807) is 6.07 Å². The number of rotatable bonds is 3. The fraction of sp³-hybridized carbons (Fsp3) is 0.600. The summed E-state index contributed by atoms with van der Waals surface area (Å²) < 4.78 is 13.6. The standard InChI is InChI=1S/C15H20ClFN2/c1-2-13-8-18-15(10-3-4-10)9-19(13)14-6-11(16)5-12(17)7-14/h5-7,10,13,15,18H,2-4,8-9H2,1H3. The van der Waals surface area contributed by atoms with Gasteiger partial charge in [-0.2, -0.15) is 0 Å². The maximum absolute atomic E-state index is 13.6. The molecule has 1 saturated heterocycles. The smallest absolute Gasteiger partial charge is 0.126 e. The summed E-state index contributed by atoms with van der Waals surface area (Å²) >= 11 is 5.99. The molecule has 0 amide bonds. The molecule has 2 fully saturated rings. The SMILES string of the molecule is CCC1CNC(C2CC2)CN1c1cc(F)cc(Cl)c1. The summed E-state index contributed by atoms with van der Waals surface area (Å²) in [6.07, 6.45) is 3.71. The molecule has 104 valence electrons. The van der Waals surface area contributed by atoms with Gasteiger partial charge in [-0.25, -0.2) is 4.39 Å². The van der Waals surface area contributed by atoms with E-state index in [9.17, 15) is 4.39 Å². The van der Waals surface area contributed by atoms with Crippen LogP contribution in [-0.2, 0) is 0 Å². The number of nitrogens with one attached hydrogen (secondary N) is 1. The zero-order valence-corrected chi connectivity index (χ0v) is 12.0. The van der Waals surface area contributed by atoms with E-state index in [2.05, 4.69) is 17.1 Å². The molecule has 1 saturated carbocycles. The maximum Gasteiger partial charge on any atom is 0.126 e. The van der Waals surface area contributed by atoms with E-state index < -0.39 is 0 Å². The van der Waals surface area contributed by atoms with Gasteiger partial charge in [0, 0.05) is 35.9 Å². The van der Waals surface area contributed by atoms with E-state index in [4.69, 9.17) is 11.6 Å². The number of nitrogens with zero attached hydrogens (tertiary/aromatic N) is 1. The summed E-state index contributed by atoms with van der Waals surface area (Å²) in [6, 6.07) is 5.82. The minimum atomic E-state index is -0.251. The van der Waals surface area contributed by atoms with Crippen LogP contribution in [0.4, 0.5) is 10.1 Å². The van der Waals surface area contributed by atoms with Gasteiger partial charge in [0.2, 0.25) is 0 Å². The van der Waals surface area contributed by atoms with Gasteiger partial charge in [0.25, 0.3) is 0 Å². The van der Waals surface area contributed by atoms with Crippen LogP contribution in [0.25, 0.3) is 0 Å². The van der Waals surface area contributed by atoms with Gasteiger partial charge in [0.1, 0.15) is 5.82 Å².